The van der Waals surface area contributed by atoms with Gasteiger partial charge in [-0.25, -0.2) is 0 Å². The minimum atomic E-state index is 0.380. The summed E-state index contributed by atoms with van der Waals surface area (Å²) in [6.45, 7) is 6.84. The first-order valence-electron chi connectivity index (χ1n) is 8.09. The first-order valence-corrected chi connectivity index (χ1v) is 8.09. The van der Waals surface area contributed by atoms with Gasteiger partial charge in [-0.3, -0.25) is 0 Å². The van der Waals surface area contributed by atoms with Crippen molar-refractivity contribution in [3.8, 4) is 5.75 Å². The third-order valence-corrected chi connectivity index (χ3v) is 6.52. The zero-order chi connectivity index (χ0) is 13.9. The van der Waals surface area contributed by atoms with Crippen molar-refractivity contribution in [1.82, 2.24) is 0 Å². The van der Waals surface area contributed by atoms with Crippen molar-refractivity contribution < 1.29 is 5.11 Å². The van der Waals surface area contributed by atoms with Crippen LogP contribution in [0.25, 0.3) is 5.57 Å². The van der Waals surface area contributed by atoms with Gasteiger partial charge in [0.15, 0.2) is 0 Å². The average molecular weight is 268 g/mol. The number of benzene rings is 1. The second-order valence-electron chi connectivity index (χ2n) is 7.54. The summed E-state index contributed by atoms with van der Waals surface area (Å²) in [5, 5.41) is 9.75. The van der Waals surface area contributed by atoms with E-state index in [0.29, 0.717) is 17.1 Å². The normalized spacial score (nSPS) is 39.0. The molecule has 2 saturated carbocycles. The third kappa shape index (κ3) is 1.62. The highest BCUT2D eigenvalue weighted by molar-refractivity contribution is 5.70. The molecule has 0 unspecified atom stereocenters. The van der Waals surface area contributed by atoms with Crippen molar-refractivity contribution in [3.05, 3.63) is 35.9 Å². The summed E-state index contributed by atoms with van der Waals surface area (Å²) in [6.07, 6.45) is 8.10. The number of fused-ring (bicyclic) bond motifs is 5. The molecule has 4 rings (SSSR count). The molecule has 0 radical (unpaired) electrons. The third-order valence-electron chi connectivity index (χ3n) is 6.52. The summed E-state index contributed by atoms with van der Waals surface area (Å²) >= 11 is 0. The van der Waals surface area contributed by atoms with Gasteiger partial charge in [0.25, 0.3) is 0 Å². The van der Waals surface area contributed by atoms with Gasteiger partial charge in [-0.15, -0.1) is 0 Å². The van der Waals surface area contributed by atoms with Gasteiger partial charge in [-0.2, -0.15) is 0 Å². The molecule has 0 amide bonds. The first kappa shape index (κ1) is 12.5. The molecule has 0 saturated heterocycles. The van der Waals surface area contributed by atoms with E-state index >= 15 is 0 Å². The molecule has 0 aromatic heterocycles. The Kier molecular flexibility index (Phi) is 2.58. The number of aromatic hydroxyl groups is 1. The van der Waals surface area contributed by atoms with E-state index in [4.69, 9.17) is 0 Å². The Balaban J connectivity index is 1.78. The first-order chi connectivity index (χ1) is 9.58. The van der Waals surface area contributed by atoms with Crippen LogP contribution in [0.1, 0.15) is 62.5 Å². The van der Waals surface area contributed by atoms with Gasteiger partial charge >= 0.3 is 0 Å². The van der Waals surface area contributed by atoms with Crippen molar-refractivity contribution in [2.24, 2.45) is 17.3 Å². The van der Waals surface area contributed by atoms with E-state index in [1.165, 1.54) is 48.8 Å². The summed E-state index contributed by atoms with van der Waals surface area (Å²) in [5.41, 5.74) is 4.52. The lowest BCUT2D eigenvalue weighted by Crippen LogP contribution is -2.39. The van der Waals surface area contributed by atoms with Gasteiger partial charge in [0, 0.05) is 0 Å². The van der Waals surface area contributed by atoms with E-state index in [1.54, 1.807) is 0 Å². The minimum Gasteiger partial charge on any atom is -0.508 e. The molecule has 106 valence electrons. The van der Waals surface area contributed by atoms with E-state index in [2.05, 4.69) is 19.6 Å². The van der Waals surface area contributed by atoms with Crippen LogP contribution in [0.15, 0.2) is 24.8 Å². The van der Waals surface area contributed by atoms with Gasteiger partial charge in [-0.05, 0) is 84.1 Å². The molecule has 1 heteroatoms. The fourth-order valence-electron chi connectivity index (χ4n) is 5.52. The Morgan fingerprint density at radius 2 is 2.10 bits per heavy atom. The van der Waals surface area contributed by atoms with Gasteiger partial charge in [0.1, 0.15) is 5.75 Å². The molecule has 4 atom stereocenters. The molecule has 1 N–H and O–H groups in total. The van der Waals surface area contributed by atoms with Crippen molar-refractivity contribution in [1.29, 1.82) is 0 Å². The van der Waals surface area contributed by atoms with Crippen molar-refractivity contribution in [2.45, 2.75) is 51.4 Å². The zero-order valence-electron chi connectivity index (χ0n) is 12.4. The van der Waals surface area contributed by atoms with Gasteiger partial charge in [0.2, 0.25) is 0 Å². The van der Waals surface area contributed by atoms with E-state index < -0.39 is 0 Å². The van der Waals surface area contributed by atoms with E-state index in [0.717, 1.165) is 18.3 Å². The standard InChI is InChI=1S/C19H24O/c1-12-10-17-15(14-6-5-13(20)11-16(12)14)7-9-19(2)8-3-4-18(17)19/h5-6,11,15,17-18,20H,1,3-4,7-10H2,2H3/t15-,17-,18+,19+/m1/s1. The molecule has 3 aliphatic carbocycles. The number of rotatable bonds is 0. The fraction of sp³-hybridized carbons (Fsp3) is 0.579. The zero-order valence-corrected chi connectivity index (χ0v) is 12.4. The maximum absolute atomic E-state index is 9.75. The predicted octanol–water partition coefficient (Wildman–Crippen LogP) is 5.11. The summed E-state index contributed by atoms with van der Waals surface area (Å²) < 4.78 is 0. The molecule has 2 fully saturated rings. The van der Waals surface area contributed by atoms with E-state index in [1.807, 2.05) is 12.1 Å². The Hall–Kier alpha value is -1.24. The molecular weight excluding hydrogens is 244 g/mol. The van der Waals surface area contributed by atoms with Gasteiger partial charge in [-0.1, -0.05) is 26.0 Å². The highest BCUT2D eigenvalue weighted by Gasteiger charge is 2.50. The number of allylic oxidation sites excluding steroid dienone is 1. The molecule has 0 spiro atoms. The summed E-state index contributed by atoms with van der Waals surface area (Å²) in [5.74, 6) is 2.76. The lowest BCUT2D eigenvalue weighted by Gasteiger charge is -2.49. The van der Waals surface area contributed by atoms with Crippen LogP contribution in [0, 0.1) is 17.3 Å². The van der Waals surface area contributed by atoms with Crippen LogP contribution in [0.5, 0.6) is 5.75 Å². The van der Waals surface area contributed by atoms with Crippen LogP contribution in [-0.4, -0.2) is 5.11 Å². The molecule has 20 heavy (non-hydrogen) atoms. The van der Waals surface area contributed by atoms with Crippen LogP contribution in [0.2, 0.25) is 0 Å². The average Bonchev–Trinajstić information content (AvgIpc) is 2.81. The fourth-order valence-corrected chi connectivity index (χ4v) is 5.52. The van der Waals surface area contributed by atoms with Gasteiger partial charge in [0.05, 0.1) is 0 Å². The maximum Gasteiger partial charge on any atom is 0.116 e. The number of phenolic OH excluding ortho intramolecular Hbond substituents is 1. The molecule has 1 aromatic rings. The van der Waals surface area contributed by atoms with Crippen molar-refractivity contribution >= 4 is 5.57 Å². The van der Waals surface area contributed by atoms with Crippen molar-refractivity contribution in [2.75, 3.05) is 0 Å². The summed E-state index contributed by atoms with van der Waals surface area (Å²) in [4.78, 5) is 0. The van der Waals surface area contributed by atoms with E-state index in [9.17, 15) is 5.11 Å². The van der Waals surface area contributed by atoms with E-state index in [-0.39, 0.29) is 0 Å². The summed E-state index contributed by atoms with van der Waals surface area (Å²) in [7, 11) is 0. The topological polar surface area (TPSA) is 20.2 Å². The molecule has 0 aliphatic heterocycles. The van der Waals surface area contributed by atoms with Crippen LogP contribution >= 0.6 is 0 Å². The van der Waals surface area contributed by atoms with Crippen LogP contribution in [0.4, 0.5) is 0 Å². The molecule has 1 aromatic carbocycles. The SMILES string of the molecule is C=C1C[C@@H]2[C@H](CC[C@]3(C)CCC[C@@H]23)c2ccc(O)cc21. The van der Waals surface area contributed by atoms with Crippen LogP contribution < -0.4 is 0 Å². The molecule has 0 heterocycles. The second kappa shape index (κ2) is 4.13. The molecule has 1 nitrogen and oxygen atoms in total. The van der Waals surface area contributed by atoms with Gasteiger partial charge < -0.3 is 5.11 Å². The minimum absolute atomic E-state index is 0.380. The van der Waals surface area contributed by atoms with Crippen LogP contribution in [-0.2, 0) is 0 Å². The Morgan fingerprint density at radius 3 is 2.95 bits per heavy atom. The summed E-state index contributed by atoms with van der Waals surface area (Å²) in [6, 6.07) is 5.94. The Morgan fingerprint density at radius 1 is 1.25 bits per heavy atom. The number of hydrogen-bond acceptors (Lipinski definition) is 1. The Labute approximate surface area is 121 Å². The highest BCUT2D eigenvalue weighted by Crippen LogP contribution is 2.62. The second-order valence-corrected chi connectivity index (χ2v) is 7.54. The lowest BCUT2D eigenvalue weighted by molar-refractivity contribution is 0.0702. The smallest absolute Gasteiger partial charge is 0.116 e. The monoisotopic (exact) mass is 268 g/mol. The number of hydrogen-bond donors (Lipinski definition) is 1. The molecule has 0 bridgehead atoms. The largest absolute Gasteiger partial charge is 0.508 e. The molecule has 3 aliphatic rings. The Bertz CT molecular complexity index is 573. The number of phenols is 1. The molecular formula is C19H24O. The quantitative estimate of drug-likeness (QED) is 0.693. The lowest BCUT2D eigenvalue weighted by atomic mass is 9.55. The van der Waals surface area contributed by atoms with Crippen molar-refractivity contribution in [3.63, 3.8) is 0 Å². The predicted molar refractivity (Wildman–Crippen MR) is 82.7 cm³/mol. The van der Waals surface area contributed by atoms with Crippen LogP contribution in [0.3, 0.4) is 0 Å². The maximum atomic E-state index is 9.75. The highest BCUT2D eigenvalue weighted by atomic mass is 16.3.